The van der Waals surface area contributed by atoms with Crippen LogP contribution in [0.5, 0.6) is 11.5 Å². The Bertz CT molecular complexity index is 526. The molecule has 24 heavy (non-hydrogen) atoms. The van der Waals surface area contributed by atoms with E-state index >= 15 is 0 Å². The van der Waals surface area contributed by atoms with Crippen LogP contribution in [-0.2, 0) is 10.8 Å². The summed E-state index contributed by atoms with van der Waals surface area (Å²) in [6.45, 7) is 20.8. The molecule has 0 fully saturated rings. The van der Waals surface area contributed by atoms with Crippen molar-refractivity contribution in [2.75, 3.05) is 6.61 Å². The summed E-state index contributed by atoms with van der Waals surface area (Å²) in [6, 6.07) is 6.42. The second kappa shape index (κ2) is 8.21. The lowest BCUT2D eigenvalue weighted by Crippen LogP contribution is -2.32. The molecule has 0 unspecified atom stereocenters. The third-order valence-corrected chi connectivity index (χ3v) is 5.72. The van der Waals surface area contributed by atoms with Crippen molar-refractivity contribution in [3.8, 4) is 11.5 Å². The van der Waals surface area contributed by atoms with Gasteiger partial charge in [-0.05, 0) is 89.5 Å². The molecule has 0 aromatic heterocycles. The van der Waals surface area contributed by atoms with Crippen LogP contribution in [0.1, 0.15) is 12.0 Å². The Balaban J connectivity index is 2.83. The second-order valence-electron chi connectivity index (χ2n) is 9.27. The zero-order valence-corrected chi connectivity index (χ0v) is 20.1. The number of hydrogen-bond donors (Lipinski definition) is 0. The predicted molar refractivity (Wildman–Crippen MR) is 112 cm³/mol. The van der Waals surface area contributed by atoms with Crippen molar-refractivity contribution < 1.29 is 13.3 Å². The number of aryl methyl sites for hydroxylation is 1. The monoisotopic (exact) mass is 384 g/mol. The van der Waals surface area contributed by atoms with Crippen LogP contribution in [0.3, 0.4) is 0 Å². The van der Waals surface area contributed by atoms with E-state index in [4.69, 9.17) is 13.3 Å². The first-order valence-electron chi connectivity index (χ1n) is 8.90. The maximum absolute atomic E-state index is 6.29. The van der Waals surface area contributed by atoms with Gasteiger partial charge in [-0.1, -0.05) is 6.07 Å². The number of hydrogen-bond acceptors (Lipinski definition) is 3. The topological polar surface area (TPSA) is 27.7 Å². The zero-order valence-electron chi connectivity index (χ0n) is 17.1. The highest BCUT2D eigenvalue weighted by molar-refractivity contribution is 6.71. The van der Waals surface area contributed by atoms with Gasteiger partial charge >= 0.3 is 0 Å². The van der Waals surface area contributed by atoms with Gasteiger partial charge in [-0.25, -0.2) is 0 Å². The Morgan fingerprint density at radius 3 is 1.75 bits per heavy atom. The van der Waals surface area contributed by atoms with E-state index in [1.54, 1.807) is 0 Å². The number of benzene rings is 1. The molecule has 0 saturated heterocycles. The summed E-state index contributed by atoms with van der Waals surface area (Å²) in [4.78, 5) is 0. The lowest BCUT2D eigenvalue weighted by molar-refractivity contribution is 0.305. The quantitative estimate of drug-likeness (QED) is 0.392. The highest BCUT2D eigenvalue weighted by atomic mass is 28.4. The van der Waals surface area contributed by atoms with Crippen molar-refractivity contribution in [1.82, 2.24) is 0 Å². The van der Waals surface area contributed by atoms with Crippen molar-refractivity contribution in [3.63, 3.8) is 0 Å². The fourth-order valence-corrected chi connectivity index (χ4v) is 4.59. The van der Waals surface area contributed by atoms with Crippen LogP contribution < -0.4 is 8.85 Å². The molecule has 0 saturated carbocycles. The van der Waals surface area contributed by atoms with Gasteiger partial charge in [-0.3, -0.25) is 0 Å². The fourth-order valence-electron chi connectivity index (χ4n) is 2.19. The first kappa shape index (κ1) is 21.5. The van der Waals surface area contributed by atoms with Gasteiger partial charge in [0.1, 0.15) is 11.5 Å². The standard InChI is InChI=1S/C18H36O3Si3/c1-22(2,3)19-14-10-11-16-12-13-17(20-23(4,5)6)18(15-16)21-24(7,8)9/h12-13,15H,10-11,14H2,1-9H3. The SMILES string of the molecule is C[Si](C)(C)OCCCc1ccc(O[Si](C)(C)C)c(O[Si](C)(C)C)c1. The predicted octanol–water partition coefficient (Wildman–Crippen LogP) is 5.90. The Kier molecular flexibility index (Phi) is 7.34. The second-order valence-corrected chi connectivity index (χ2v) is 22.6. The van der Waals surface area contributed by atoms with E-state index in [1.165, 1.54) is 5.56 Å². The summed E-state index contributed by atoms with van der Waals surface area (Å²) < 4.78 is 18.5. The molecule has 6 heteroatoms. The third-order valence-electron chi connectivity index (χ3n) is 2.99. The average Bonchev–Trinajstić information content (AvgIpc) is 2.33. The summed E-state index contributed by atoms with van der Waals surface area (Å²) in [5.74, 6) is 1.82. The van der Waals surface area contributed by atoms with Crippen molar-refractivity contribution in [1.29, 1.82) is 0 Å². The molecular weight excluding hydrogens is 348 g/mol. The van der Waals surface area contributed by atoms with Gasteiger partial charge in [0.15, 0.2) is 8.32 Å². The number of rotatable bonds is 9. The summed E-state index contributed by atoms with van der Waals surface area (Å²) in [5, 5.41) is 0. The van der Waals surface area contributed by atoms with Gasteiger partial charge in [0, 0.05) is 6.61 Å². The minimum absolute atomic E-state index is 0.840. The maximum atomic E-state index is 6.29. The molecule has 0 spiro atoms. The van der Waals surface area contributed by atoms with E-state index in [-0.39, 0.29) is 0 Å². The van der Waals surface area contributed by atoms with Gasteiger partial charge in [-0.2, -0.15) is 0 Å². The molecule has 0 aliphatic carbocycles. The molecule has 0 radical (unpaired) electrons. The van der Waals surface area contributed by atoms with Gasteiger partial charge in [0.25, 0.3) is 0 Å². The Hall–Kier alpha value is -0.569. The van der Waals surface area contributed by atoms with Crippen molar-refractivity contribution >= 4 is 25.0 Å². The molecule has 0 N–H and O–H groups in total. The summed E-state index contributed by atoms with van der Waals surface area (Å²) >= 11 is 0. The zero-order chi connectivity index (χ0) is 18.6. The van der Waals surface area contributed by atoms with E-state index in [0.29, 0.717) is 0 Å². The van der Waals surface area contributed by atoms with Gasteiger partial charge < -0.3 is 13.3 Å². The molecule has 1 aromatic carbocycles. The van der Waals surface area contributed by atoms with Crippen LogP contribution in [0.4, 0.5) is 0 Å². The smallest absolute Gasteiger partial charge is 0.242 e. The highest BCUT2D eigenvalue weighted by Crippen LogP contribution is 2.33. The van der Waals surface area contributed by atoms with Crippen LogP contribution in [0.25, 0.3) is 0 Å². The lowest BCUT2D eigenvalue weighted by Gasteiger charge is -2.26. The van der Waals surface area contributed by atoms with E-state index in [9.17, 15) is 0 Å². The maximum Gasteiger partial charge on any atom is 0.242 e. The first-order chi connectivity index (χ1) is 10.8. The molecule has 1 aromatic rings. The molecular formula is C18H36O3Si3. The van der Waals surface area contributed by atoms with Crippen LogP contribution in [0.2, 0.25) is 58.9 Å². The van der Waals surface area contributed by atoms with E-state index < -0.39 is 25.0 Å². The fraction of sp³-hybridized carbons (Fsp3) is 0.667. The Morgan fingerprint density at radius 2 is 1.25 bits per heavy atom. The summed E-state index contributed by atoms with van der Waals surface area (Å²) in [5.41, 5.74) is 1.30. The molecule has 3 nitrogen and oxygen atoms in total. The van der Waals surface area contributed by atoms with Crippen molar-refractivity contribution in [2.45, 2.75) is 71.8 Å². The average molecular weight is 385 g/mol. The minimum Gasteiger partial charge on any atom is -0.542 e. The highest BCUT2D eigenvalue weighted by Gasteiger charge is 2.23. The lowest BCUT2D eigenvalue weighted by atomic mass is 10.1. The molecule has 0 atom stereocenters. The molecule has 138 valence electrons. The van der Waals surface area contributed by atoms with E-state index in [0.717, 1.165) is 30.9 Å². The summed E-state index contributed by atoms with van der Waals surface area (Å²) in [6.07, 6.45) is 2.06. The van der Waals surface area contributed by atoms with Gasteiger partial charge in [0.05, 0.1) is 0 Å². The largest absolute Gasteiger partial charge is 0.542 e. The molecule has 0 bridgehead atoms. The van der Waals surface area contributed by atoms with Crippen molar-refractivity contribution in [3.05, 3.63) is 23.8 Å². The van der Waals surface area contributed by atoms with Gasteiger partial charge in [0.2, 0.25) is 16.6 Å². The van der Waals surface area contributed by atoms with Gasteiger partial charge in [-0.15, -0.1) is 0 Å². The van der Waals surface area contributed by atoms with E-state index in [1.807, 2.05) is 0 Å². The third kappa shape index (κ3) is 9.66. The normalized spacial score (nSPS) is 13.0. The minimum atomic E-state index is -1.67. The van der Waals surface area contributed by atoms with Crippen LogP contribution in [-0.4, -0.2) is 31.6 Å². The first-order valence-corrected chi connectivity index (χ1v) is 19.1. The molecule has 0 heterocycles. The van der Waals surface area contributed by atoms with Crippen molar-refractivity contribution in [2.24, 2.45) is 0 Å². The molecule has 0 aliphatic heterocycles. The Labute approximate surface area is 152 Å². The molecule has 0 amide bonds. The van der Waals surface area contributed by atoms with Crippen LogP contribution in [0.15, 0.2) is 18.2 Å². The molecule has 1 rings (SSSR count). The van der Waals surface area contributed by atoms with Crippen LogP contribution in [0, 0.1) is 0 Å². The van der Waals surface area contributed by atoms with Crippen LogP contribution >= 0.6 is 0 Å². The summed E-state index contributed by atoms with van der Waals surface area (Å²) in [7, 11) is -4.74. The Morgan fingerprint density at radius 1 is 0.708 bits per heavy atom. The van der Waals surface area contributed by atoms with E-state index in [2.05, 4.69) is 77.1 Å². The molecule has 0 aliphatic rings.